The van der Waals surface area contributed by atoms with Crippen LogP contribution in [-0.4, -0.2) is 15.1 Å². The van der Waals surface area contributed by atoms with E-state index in [2.05, 4.69) is 28.4 Å². The fourth-order valence-electron chi connectivity index (χ4n) is 3.12. The van der Waals surface area contributed by atoms with Gasteiger partial charge in [0, 0.05) is 22.6 Å². The molecule has 0 bridgehead atoms. The van der Waals surface area contributed by atoms with Gasteiger partial charge < -0.3 is 4.42 Å². The van der Waals surface area contributed by atoms with E-state index in [1.165, 1.54) is 41.0 Å². The number of non-ortho nitro benzene ring substituents is 1. The van der Waals surface area contributed by atoms with Gasteiger partial charge in [-0.25, -0.2) is 0 Å². The second kappa shape index (κ2) is 6.92. The SMILES string of the molecule is C[C@H](Sc1ccc2c(c1)CCC2)c1nnc(-c2ccc([N+](=O)[O-])cc2)o1. The normalized spacial score (nSPS) is 14.2. The molecule has 132 valence electrons. The van der Waals surface area contributed by atoms with Crippen LogP contribution in [0.25, 0.3) is 11.5 Å². The molecule has 7 heteroatoms. The van der Waals surface area contributed by atoms with Crippen molar-refractivity contribution in [3.8, 4) is 11.5 Å². The number of aromatic nitrogens is 2. The molecule has 0 saturated carbocycles. The van der Waals surface area contributed by atoms with Gasteiger partial charge in [-0.3, -0.25) is 10.1 Å². The molecule has 6 nitrogen and oxygen atoms in total. The van der Waals surface area contributed by atoms with Crippen LogP contribution in [0.15, 0.2) is 51.8 Å². The predicted molar refractivity (Wildman–Crippen MR) is 99.1 cm³/mol. The third kappa shape index (κ3) is 3.35. The molecule has 0 aliphatic heterocycles. The molecule has 26 heavy (non-hydrogen) atoms. The van der Waals surface area contributed by atoms with Gasteiger partial charge in [-0.1, -0.05) is 6.07 Å². The van der Waals surface area contributed by atoms with Crippen LogP contribution in [0.2, 0.25) is 0 Å². The second-order valence-corrected chi connectivity index (χ2v) is 7.71. The van der Waals surface area contributed by atoms with Crippen molar-refractivity contribution in [3.05, 3.63) is 69.6 Å². The zero-order valence-electron chi connectivity index (χ0n) is 14.2. The standard InChI is InChI=1S/C19H17N3O3S/c1-12(26-17-10-7-13-3-2-4-15(13)11-17)18-20-21-19(25-18)14-5-8-16(9-6-14)22(23)24/h5-12H,2-4H2,1H3/t12-/m0/s1. The first-order valence-corrected chi connectivity index (χ1v) is 9.35. The van der Waals surface area contributed by atoms with E-state index in [1.54, 1.807) is 23.9 Å². The number of thioether (sulfide) groups is 1. The minimum atomic E-state index is -0.432. The topological polar surface area (TPSA) is 82.1 Å². The van der Waals surface area contributed by atoms with Gasteiger partial charge in [0.15, 0.2) is 0 Å². The molecular weight excluding hydrogens is 350 g/mol. The summed E-state index contributed by atoms with van der Waals surface area (Å²) in [5, 5.41) is 19.0. The Morgan fingerprint density at radius 2 is 1.88 bits per heavy atom. The number of hydrogen-bond donors (Lipinski definition) is 0. The molecule has 0 radical (unpaired) electrons. The molecule has 0 fully saturated rings. The highest BCUT2D eigenvalue weighted by atomic mass is 32.2. The molecule has 1 heterocycles. The van der Waals surface area contributed by atoms with E-state index >= 15 is 0 Å². The van der Waals surface area contributed by atoms with E-state index in [4.69, 9.17) is 4.42 Å². The molecule has 4 rings (SSSR count). The largest absolute Gasteiger partial charge is 0.419 e. The molecule has 1 aliphatic carbocycles. The van der Waals surface area contributed by atoms with Crippen LogP contribution in [0.3, 0.4) is 0 Å². The molecule has 1 atom stereocenters. The number of hydrogen-bond acceptors (Lipinski definition) is 6. The van der Waals surface area contributed by atoms with Crippen molar-refractivity contribution in [2.24, 2.45) is 0 Å². The van der Waals surface area contributed by atoms with Crippen molar-refractivity contribution in [2.75, 3.05) is 0 Å². The van der Waals surface area contributed by atoms with Gasteiger partial charge in [0.25, 0.3) is 5.69 Å². The average Bonchev–Trinajstić information content (AvgIpc) is 3.31. The van der Waals surface area contributed by atoms with Gasteiger partial charge in [0.05, 0.1) is 10.2 Å². The summed E-state index contributed by atoms with van der Waals surface area (Å²) in [4.78, 5) is 11.5. The lowest BCUT2D eigenvalue weighted by Gasteiger charge is -2.08. The lowest BCUT2D eigenvalue weighted by atomic mass is 10.1. The molecule has 2 aromatic carbocycles. The van der Waals surface area contributed by atoms with Gasteiger partial charge in [0.2, 0.25) is 11.8 Å². The van der Waals surface area contributed by atoms with Crippen LogP contribution in [0, 0.1) is 10.1 Å². The van der Waals surface area contributed by atoms with Crippen LogP contribution in [0.4, 0.5) is 5.69 Å². The summed E-state index contributed by atoms with van der Waals surface area (Å²) in [7, 11) is 0. The van der Waals surface area contributed by atoms with E-state index in [9.17, 15) is 10.1 Å². The van der Waals surface area contributed by atoms with Crippen molar-refractivity contribution in [2.45, 2.75) is 36.3 Å². The minimum absolute atomic E-state index is 0.0220. The van der Waals surface area contributed by atoms with E-state index in [1.807, 2.05) is 6.92 Å². The summed E-state index contributed by atoms with van der Waals surface area (Å²) in [5.41, 5.74) is 3.61. The molecular formula is C19H17N3O3S. The average molecular weight is 367 g/mol. The maximum Gasteiger partial charge on any atom is 0.269 e. The van der Waals surface area contributed by atoms with Crippen molar-refractivity contribution in [1.82, 2.24) is 10.2 Å². The highest BCUT2D eigenvalue weighted by Gasteiger charge is 2.18. The monoisotopic (exact) mass is 367 g/mol. The number of benzene rings is 2. The van der Waals surface area contributed by atoms with Crippen LogP contribution in [0.5, 0.6) is 0 Å². The molecule has 3 aromatic rings. The Morgan fingerprint density at radius 1 is 1.12 bits per heavy atom. The van der Waals surface area contributed by atoms with Gasteiger partial charge in [-0.2, -0.15) is 0 Å². The maximum absolute atomic E-state index is 10.7. The molecule has 1 aliphatic rings. The van der Waals surface area contributed by atoms with E-state index in [-0.39, 0.29) is 10.9 Å². The number of nitro benzene ring substituents is 1. The molecule has 0 amide bonds. The van der Waals surface area contributed by atoms with Crippen molar-refractivity contribution in [1.29, 1.82) is 0 Å². The number of fused-ring (bicyclic) bond motifs is 1. The first kappa shape index (κ1) is 16.8. The third-order valence-corrected chi connectivity index (χ3v) is 5.58. The maximum atomic E-state index is 10.7. The number of nitro groups is 1. The Bertz CT molecular complexity index is 953. The summed E-state index contributed by atoms with van der Waals surface area (Å²) in [5.74, 6) is 0.917. The number of rotatable bonds is 5. The van der Waals surface area contributed by atoms with E-state index in [0.29, 0.717) is 17.3 Å². The molecule has 1 aromatic heterocycles. The molecule has 0 unspecified atom stereocenters. The summed E-state index contributed by atoms with van der Waals surface area (Å²) in [6, 6.07) is 12.7. The highest BCUT2D eigenvalue weighted by molar-refractivity contribution is 7.99. The Hall–Kier alpha value is -2.67. The molecule has 0 N–H and O–H groups in total. The van der Waals surface area contributed by atoms with Gasteiger partial charge in [0.1, 0.15) is 0 Å². The zero-order valence-corrected chi connectivity index (χ0v) is 15.0. The zero-order chi connectivity index (χ0) is 18.1. The summed E-state index contributed by atoms with van der Waals surface area (Å²) in [6.45, 7) is 2.03. The van der Waals surface area contributed by atoms with Crippen molar-refractivity contribution < 1.29 is 9.34 Å². The lowest BCUT2D eigenvalue weighted by molar-refractivity contribution is -0.384. The first-order valence-electron chi connectivity index (χ1n) is 8.47. The van der Waals surface area contributed by atoms with Gasteiger partial charge >= 0.3 is 0 Å². The van der Waals surface area contributed by atoms with E-state index < -0.39 is 4.92 Å². The number of aryl methyl sites for hydroxylation is 2. The fourth-order valence-corrected chi connectivity index (χ4v) is 4.08. The highest BCUT2D eigenvalue weighted by Crippen LogP contribution is 2.37. The summed E-state index contributed by atoms with van der Waals surface area (Å²) >= 11 is 1.69. The Morgan fingerprint density at radius 3 is 2.65 bits per heavy atom. The van der Waals surface area contributed by atoms with Crippen LogP contribution >= 0.6 is 11.8 Å². The first-order chi connectivity index (χ1) is 12.6. The Labute approximate surface area is 154 Å². The smallest absolute Gasteiger partial charge is 0.269 e. The van der Waals surface area contributed by atoms with Gasteiger partial charge in [-0.15, -0.1) is 22.0 Å². The van der Waals surface area contributed by atoms with Crippen LogP contribution in [0.1, 0.15) is 35.6 Å². The minimum Gasteiger partial charge on any atom is -0.419 e. The van der Waals surface area contributed by atoms with Gasteiger partial charge in [-0.05, 0) is 61.6 Å². The predicted octanol–water partition coefficient (Wildman–Crippen LogP) is 4.99. The summed E-state index contributed by atoms with van der Waals surface area (Å²) in [6.07, 6.45) is 3.57. The summed E-state index contributed by atoms with van der Waals surface area (Å²) < 4.78 is 5.78. The second-order valence-electron chi connectivity index (χ2n) is 6.29. The fraction of sp³-hybridized carbons (Fsp3) is 0.263. The number of nitrogens with zero attached hydrogens (tertiary/aromatic N) is 3. The van der Waals surface area contributed by atoms with Crippen molar-refractivity contribution >= 4 is 17.4 Å². The van der Waals surface area contributed by atoms with E-state index in [0.717, 1.165) is 6.42 Å². The third-order valence-electron chi connectivity index (χ3n) is 4.50. The lowest BCUT2D eigenvalue weighted by Crippen LogP contribution is -1.90. The molecule has 0 saturated heterocycles. The Kier molecular flexibility index (Phi) is 4.46. The van der Waals surface area contributed by atoms with Crippen molar-refractivity contribution in [3.63, 3.8) is 0 Å². The van der Waals surface area contributed by atoms with Crippen LogP contribution in [-0.2, 0) is 12.8 Å². The quantitative estimate of drug-likeness (QED) is 0.359. The Balaban J connectivity index is 1.49. The van der Waals surface area contributed by atoms with Crippen LogP contribution < -0.4 is 0 Å². The molecule has 0 spiro atoms.